The predicted octanol–water partition coefficient (Wildman–Crippen LogP) is 2.32. The van der Waals surface area contributed by atoms with Gasteiger partial charge in [-0.3, -0.25) is 0 Å². The number of nitrogens with one attached hydrogen (secondary N) is 1. The molecule has 2 N–H and O–H groups in total. The standard InChI is InChI=1S/C14H17F2NO3/c15-14(16,9-18)12(11-6-7-11)17-13(19)20-8-10-4-2-1-3-5-10/h1-5,11-12,18H,6-9H2,(H,17,19). The summed E-state index contributed by atoms with van der Waals surface area (Å²) in [5.41, 5.74) is 0.777. The van der Waals surface area contributed by atoms with Gasteiger partial charge in [0.25, 0.3) is 5.92 Å². The van der Waals surface area contributed by atoms with E-state index in [1.165, 1.54) is 0 Å². The number of alkyl carbamates (subject to hydrolysis) is 1. The van der Waals surface area contributed by atoms with Gasteiger partial charge in [-0.25, -0.2) is 13.6 Å². The fraction of sp³-hybridized carbons (Fsp3) is 0.500. The third kappa shape index (κ3) is 3.90. The molecule has 110 valence electrons. The molecule has 4 nitrogen and oxygen atoms in total. The summed E-state index contributed by atoms with van der Waals surface area (Å²) in [5, 5.41) is 10.9. The molecule has 1 aromatic carbocycles. The maximum atomic E-state index is 13.5. The Morgan fingerprint density at radius 1 is 1.40 bits per heavy atom. The molecule has 1 aromatic rings. The SMILES string of the molecule is O=C(NC(C1CC1)C(F)(F)CO)OCc1ccccc1. The third-order valence-electron chi connectivity index (χ3n) is 3.25. The molecular weight excluding hydrogens is 268 g/mol. The van der Waals surface area contributed by atoms with Crippen LogP contribution < -0.4 is 5.32 Å². The smallest absolute Gasteiger partial charge is 0.407 e. The van der Waals surface area contributed by atoms with Gasteiger partial charge in [0.15, 0.2) is 0 Å². The first kappa shape index (κ1) is 14.7. The minimum Gasteiger partial charge on any atom is -0.445 e. The zero-order valence-electron chi connectivity index (χ0n) is 10.9. The van der Waals surface area contributed by atoms with E-state index in [-0.39, 0.29) is 12.5 Å². The molecule has 0 bridgehead atoms. The number of alkyl halides is 2. The fourth-order valence-electron chi connectivity index (χ4n) is 1.99. The van der Waals surface area contributed by atoms with Gasteiger partial charge in [-0.15, -0.1) is 0 Å². The summed E-state index contributed by atoms with van der Waals surface area (Å²) >= 11 is 0. The summed E-state index contributed by atoms with van der Waals surface area (Å²) in [6, 6.07) is 7.60. The van der Waals surface area contributed by atoms with Crippen LogP contribution >= 0.6 is 0 Å². The second kappa shape index (κ2) is 6.17. The average molecular weight is 285 g/mol. The lowest BCUT2D eigenvalue weighted by Crippen LogP contribution is -2.51. The molecule has 0 spiro atoms. The molecule has 2 rings (SSSR count). The van der Waals surface area contributed by atoms with Crippen LogP contribution in [-0.2, 0) is 11.3 Å². The summed E-state index contributed by atoms with van der Waals surface area (Å²) in [4.78, 5) is 11.6. The molecule has 0 aromatic heterocycles. The number of halogens is 2. The van der Waals surface area contributed by atoms with Gasteiger partial charge < -0.3 is 15.2 Å². The van der Waals surface area contributed by atoms with E-state index < -0.39 is 24.7 Å². The second-order valence-corrected chi connectivity index (χ2v) is 4.94. The summed E-state index contributed by atoms with van der Waals surface area (Å²) in [6.07, 6.45) is 0.359. The molecular formula is C14H17F2NO3. The Balaban J connectivity index is 1.86. The van der Waals surface area contributed by atoms with E-state index in [0.29, 0.717) is 12.8 Å². The van der Waals surface area contributed by atoms with E-state index in [1.807, 2.05) is 6.07 Å². The van der Waals surface area contributed by atoms with Crippen molar-refractivity contribution >= 4 is 6.09 Å². The van der Waals surface area contributed by atoms with E-state index >= 15 is 0 Å². The molecule has 1 saturated carbocycles. The lowest BCUT2D eigenvalue weighted by Gasteiger charge is -2.25. The maximum absolute atomic E-state index is 13.5. The zero-order valence-corrected chi connectivity index (χ0v) is 10.9. The van der Waals surface area contributed by atoms with Gasteiger partial charge in [-0.05, 0) is 24.3 Å². The monoisotopic (exact) mass is 285 g/mol. The molecule has 0 heterocycles. The molecule has 1 aliphatic rings. The fourth-order valence-corrected chi connectivity index (χ4v) is 1.99. The van der Waals surface area contributed by atoms with Crippen molar-refractivity contribution in [2.75, 3.05) is 6.61 Å². The quantitative estimate of drug-likeness (QED) is 0.843. The second-order valence-electron chi connectivity index (χ2n) is 4.94. The van der Waals surface area contributed by atoms with Crippen LogP contribution in [0.3, 0.4) is 0 Å². The average Bonchev–Trinajstić information content (AvgIpc) is 3.28. The summed E-state index contributed by atoms with van der Waals surface area (Å²) in [6.45, 7) is -1.26. The van der Waals surface area contributed by atoms with Crippen LogP contribution in [0.2, 0.25) is 0 Å². The van der Waals surface area contributed by atoms with Crippen molar-refractivity contribution < 1.29 is 23.4 Å². The minimum atomic E-state index is -3.33. The van der Waals surface area contributed by atoms with Gasteiger partial charge >= 0.3 is 6.09 Å². The van der Waals surface area contributed by atoms with Crippen molar-refractivity contribution in [1.82, 2.24) is 5.32 Å². The highest BCUT2D eigenvalue weighted by Crippen LogP contribution is 2.39. The number of aliphatic hydroxyl groups is 1. The number of carbonyl (C=O) groups excluding carboxylic acids is 1. The van der Waals surface area contributed by atoms with E-state index in [9.17, 15) is 13.6 Å². The molecule has 1 amide bonds. The van der Waals surface area contributed by atoms with Crippen LogP contribution in [0, 0.1) is 5.92 Å². The van der Waals surface area contributed by atoms with Crippen LogP contribution in [0.25, 0.3) is 0 Å². The topological polar surface area (TPSA) is 58.6 Å². The first-order valence-corrected chi connectivity index (χ1v) is 6.49. The highest BCUT2D eigenvalue weighted by molar-refractivity contribution is 5.67. The molecule has 0 saturated heterocycles. The molecule has 1 aliphatic carbocycles. The first-order chi connectivity index (χ1) is 9.53. The van der Waals surface area contributed by atoms with Gasteiger partial charge in [0.05, 0.1) is 0 Å². The number of hydrogen-bond donors (Lipinski definition) is 2. The van der Waals surface area contributed by atoms with E-state index in [4.69, 9.17) is 9.84 Å². The van der Waals surface area contributed by atoms with Crippen LogP contribution in [0.1, 0.15) is 18.4 Å². The Bertz CT molecular complexity index is 449. The Hall–Kier alpha value is -1.69. The van der Waals surface area contributed by atoms with Crippen molar-refractivity contribution in [3.05, 3.63) is 35.9 Å². The van der Waals surface area contributed by atoms with Gasteiger partial charge in [0.2, 0.25) is 0 Å². The van der Waals surface area contributed by atoms with E-state index in [1.54, 1.807) is 24.3 Å². The van der Waals surface area contributed by atoms with Crippen LogP contribution in [0.4, 0.5) is 13.6 Å². The van der Waals surface area contributed by atoms with Gasteiger partial charge in [-0.2, -0.15) is 0 Å². The molecule has 20 heavy (non-hydrogen) atoms. The number of benzene rings is 1. The number of ether oxygens (including phenoxy) is 1. The summed E-state index contributed by atoms with van der Waals surface area (Å²) in [5.74, 6) is -3.62. The van der Waals surface area contributed by atoms with Crippen molar-refractivity contribution in [3.63, 3.8) is 0 Å². The van der Waals surface area contributed by atoms with E-state index in [2.05, 4.69) is 5.32 Å². The van der Waals surface area contributed by atoms with Crippen molar-refractivity contribution in [3.8, 4) is 0 Å². The number of hydrogen-bond acceptors (Lipinski definition) is 3. The van der Waals surface area contributed by atoms with Crippen LogP contribution in [0.5, 0.6) is 0 Å². The largest absolute Gasteiger partial charge is 0.445 e. The normalized spacial score (nSPS) is 16.6. The molecule has 6 heteroatoms. The Morgan fingerprint density at radius 3 is 2.60 bits per heavy atom. The lowest BCUT2D eigenvalue weighted by molar-refractivity contribution is -0.0838. The van der Waals surface area contributed by atoms with Crippen molar-refractivity contribution in [2.24, 2.45) is 5.92 Å². The molecule has 0 radical (unpaired) electrons. The lowest BCUT2D eigenvalue weighted by atomic mass is 10.1. The first-order valence-electron chi connectivity index (χ1n) is 6.49. The van der Waals surface area contributed by atoms with E-state index in [0.717, 1.165) is 5.56 Å². The maximum Gasteiger partial charge on any atom is 0.407 e. The number of amides is 1. The summed E-state index contributed by atoms with van der Waals surface area (Å²) < 4.78 is 31.9. The molecule has 0 aliphatic heterocycles. The van der Waals surface area contributed by atoms with Crippen LogP contribution in [-0.4, -0.2) is 29.8 Å². The number of rotatable bonds is 6. The number of carbonyl (C=O) groups is 1. The minimum absolute atomic E-state index is 0.0226. The van der Waals surface area contributed by atoms with Gasteiger partial charge in [0, 0.05) is 0 Å². The highest BCUT2D eigenvalue weighted by atomic mass is 19.3. The number of aliphatic hydroxyl groups excluding tert-OH is 1. The summed E-state index contributed by atoms with van der Waals surface area (Å²) in [7, 11) is 0. The van der Waals surface area contributed by atoms with Gasteiger partial charge in [0.1, 0.15) is 19.3 Å². The zero-order chi connectivity index (χ0) is 14.6. The third-order valence-corrected chi connectivity index (χ3v) is 3.25. The Morgan fingerprint density at radius 2 is 2.05 bits per heavy atom. The highest BCUT2D eigenvalue weighted by Gasteiger charge is 2.48. The Kier molecular flexibility index (Phi) is 4.54. The molecule has 1 unspecified atom stereocenters. The molecule has 1 atom stereocenters. The van der Waals surface area contributed by atoms with Crippen molar-refractivity contribution in [2.45, 2.75) is 31.4 Å². The van der Waals surface area contributed by atoms with Crippen molar-refractivity contribution in [1.29, 1.82) is 0 Å². The van der Waals surface area contributed by atoms with Crippen LogP contribution in [0.15, 0.2) is 30.3 Å². The Labute approximate surface area is 115 Å². The predicted molar refractivity (Wildman–Crippen MR) is 68.3 cm³/mol. The van der Waals surface area contributed by atoms with Gasteiger partial charge in [-0.1, -0.05) is 30.3 Å². The molecule has 1 fully saturated rings.